The van der Waals surface area contributed by atoms with E-state index in [1.165, 1.54) is 0 Å². The van der Waals surface area contributed by atoms with Crippen LogP contribution in [-0.4, -0.2) is 34.0 Å². The van der Waals surface area contributed by atoms with Crippen molar-refractivity contribution in [2.45, 2.75) is 32.5 Å². The summed E-state index contributed by atoms with van der Waals surface area (Å²) in [6.07, 6.45) is 5.13. The molecule has 0 spiro atoms. The highest BCUT2D eigenvalue weighted by Crippen LogP contribution is 2.08. The van der Waals surface area contributed by atoms with Crippen LogP contribution in [0.1, 0.15) is 25.3 Å². The molecule has 0 aromatic heterocycles. The first-order chi connectivity index (χ1) is 10.5. The molecule has 1 aromatic rings. The van der Waals surface area contributed by atoms with Crippen LogP contribution in [0, 0.1) is 0 Å². The van der Waals surface area contributed by atoms with E-state index >= 15 is 0 Å². The average molecular weight is 328 g/mol. The fraction of sp³-hybridized carbons (Fsp3) is 0.500. The largest absolute Gasteiger partial charge is 0.502 e. The summed E-state index contributed by atoms with van der Waals surface area (Å²) in [7, 11) is -3.52. The molecule has 124 valence electrons. The maximum absolute atomic E-state index is 11.3. The fourth-order valence-corrected chi connectivity index (χ4v) is 2.35. The van der Waals surface area contributed by atoms with E-state index in [-0.39, 0.29) is 6.61 Å². The summed E-state index contributed by atoms with van der Waals surface area (Å²) in [6, 6.07) is 9.68. The van der Waals surface area contributed by atoms with Crippen LogP contribution in [0.2, 0.25) is 0 Å². The Hall–Kier alpha value is -1.37. The monoisotopic (exact) mass is 328 g/mol. The molecule has 0 aliphatic carbocycles. The van der Waals surface area contributed by atoms with Crippen molar-refractivity contribution < 1.29 is 22.1 Å². The molecule has 0 amide bonds. The van der Waals surface area contributed by atoms with Gasteiger partial charge in [0.15, 0.2) is 0 Å². The molecule has 0 aliphatic rings. The predicted octanol–water partition coefficient (Wildman–Crippen LogP) is 2.88. The number of rotatable bonds is 11. The van der Waals surface area contributed by atoms with Gasteiger partial charge in [-0.15, -0.1) is 0 Å². The highest BCUT2D eigenvalue weighted by atomic mass is 32.2. The van der Waals surface area contributed by atoms with Gasteiger partial charge in [0.2, 0.25) is 0 Å². The Bertz CT molecular complexity index is 525. The van der Waals surface area contributed by atoms with Gasteiger partial charge in [0.25, 0.3) is 10.1 Å². The van der Waals surface area contributed by atoms with Gasteiger partial charge in [-0.05, 0) is 24.5 Å². The number of ether oxygens (including phenoxy) is 2. The molecular formula is C16H24O5S. The Morgan fingerprint density at radius 2 is 1.95 bits per heavy atom. The van der Waals surface area contributed by atoms with Crippen LogP contribution in [-0.2, 0) is 30.4 Å². The quantitative estimate of drug-likeness (QED) is 0.355. The lowest BCUT2D eigenvalue weighted by Crippen LogP contribution is -2.22. The molecule has 5 nitrogen and oxygen atoms in total. The minimum Gasteiger partial charge on any atom is -0.502 e. The second kappa shape index (κ2) is 10.4. The minimum atomic E-state index is -3.52. The first kappa shape index (κ1) is 18.7. The Morgan fingerprint density at radius 3 is 2.59 bits per heavy atom. The zero-order chi connectivity index (χ0) is 16.3. The standard InChI is InChI=1S/C16H24O5S/c1-3-11-19-12-7-10-16(21-22(2,17)18)14-20-13-15-8-5-4-6-9-15/h4-9,12,16H,3,10-11,13-14H2,1-2H3/b12-7+. The molecule has 0 saturated carbocycles. The third kappa shape index (κ3) is 9.55. The van der Waals surface area contributed by atoms with Crippen molar-refractivity contribution in [1.82, 2.24) is 0 Å². The molecule has 0 fully saturated rings. The van der Waals surface area contributed by atoms with Gasteiger partial charge >= 0.3 is 0 Å². The van der Waals surface area contributed by atoms with E-state index in [0.717, 1.165) is 18.2 Å². The van der Waals surface area contributed by atoms with Crippen LogP contribution < -0.4 is 0 Å². The molecule has 1 unspecified atom stereocenters. The molecule has 0 aliphatic heterocycles. The van der Waals surface area contributed by atoms with Crippen LogP contribution in [0.3, 0.4) is 0 Å². The molecule has 0 heterocycles. The summed E-state index contributed by atoms with van der Waals surface area (Å²) < 4.78 is 38.3. The Labute approximate surface area is 133 Å². The minimum absolute atomic E-state index is 0.195. The number of hydrogen-bond acceptors (Lipinski definition) is 5. The fourth-order valence-electron chi connectivity index (χ4n) is 1.73. The molecular weight excluding hydrogens is 304 g/mol. The van der Waals surface area contributed by atoms with Gasteiger partial charge in [-0.2, -0.15) is 8.42 Å². The average Bonchev–Trinajstić information content (AvgIpc) is 2.46. The molecule has 1 aromatic carbocycles. The van der Waals surface area contributed by atoms with E-state index in [1.807, 2.05) is 37.3 Å². The molecule has 0 N–H and O–H groups in total. The third-order valence-electron chi connectivity index (χ3n) is 2.64. The van der Waals surface area contributed by atoms with E-state index in [9.17, 15) is 8.42 Å². The zero-order valence-corrected chi connectivity index (χ0v) is 13.9. The topological polar surface area (TPSA) is 61.8 Å². The van der Waals surface area contributed by atoms with Gasteiger partial charge in [-0.25, -0.2) is 0 Å². The normalized spacial score (nSPS) is 13.4. The molecule has 0 saturated heterocycles. The number of benzene rings is 1. The van der Waals surface area contributed by atoms with Crippen molar-refractivity contribution in [2.24, 2.45) is 0 Å². The van der Waals surface area contributed by atoms with Crippen LogP contribution in [0.4, 0.5) is 0 Å². The number of hydrogen-bond donors (Lipinski definition) is 0. The van der Waals surface area contributed by atoms with Gasteiger partial charge in [-0.1, -0.05) is 37.3 Å². The third-order valence-corrected chi connectivity index (χ3v) is 3.26. The maximum atomic E-state index is 11.3. The highest BCUT2D eigenvalue weighted by Gasteiger charge is 2.14. The van der Waals surface area contributed by atoms with Crippen LogP contribution in [0.5, 0.6) is 0 Å². The van der Waals surface area contributed by atoms with Crippen LogP contribution in [0.25, 0.3) is 0 Å². The van der Waals surface area contributed by atoms with E-state index in [0.29, 0.717) is 19.6 Å². The Balaban J connectivity index is 2.42. The second-order valence-electron chi connectivity index (χ2n) is 4.90. The smallest absolute Gasteiger partial charge is 0.264 e. The van der Waals surface area contributed by atoms with Gasteiger partial charge in [0, 0.05) is 0 Å². The van der Waals surface area contributed by atoms with Crippen molar-refractivity contribution >= 4 is 10.1 Å². The SMILES string of the molecule is CCCO/C=C/CC(COCc1ccccc1)OS(C)(=O)=O. The summed E-state index contributed by atoms with van der Waals surface area (Å²) in [5.41, 5.74) is 1.03. The molecule has 0 bridgehead atoms. The van der Waals surface area contributed by atoms with Gasteiger partial charge < -0.3 is 9.47 Å². The van der Waals surface area contributed by atoms with Gasteiger partial charge in [0.05, 0.1) is 32.3 Å². The van der Waals surface area contributed by atoms with Crippen molar-refractivity contribution in [3.05, 3.63) is 48.2 Å². The van der Waals surface area contributed by atoms with Crippen molar-refractivity contribution in [3.8, 4) is 0 Å². The lowest BCUT2D eigenvalue weighted by Gasteiger charge is -2.15. The second-order valence-corrected chi connectivity index (χ2v) is 6.50. The molecule has 1 atom stereocenters. The van der Waals surface area contributed by atoms with E-state index < -0.39 is 16.2 Å². The summed E-state index contributed by atoms with van der Waals surface area (Å²) in [5, 5.41) is 0. The van der Waals surface area contributed by atoms with Gasteiger partial charge in [0.1, 0.15) is 6.10 Å². The van der Waals surface area contributed by atoms with E-state index in [4.69, 9.17) is 13.7 Å². The lowest BCUT2D eigenvalue weighted by atomic mass is 10.2. The molecule has 6 heteroatoms. The van der Waals surface area contributed by atoms with E-state index in [1.54, 1.807) is 12.3 Å². The predicted molar refractivity (Wildman–Crippen MR) is 85.8 cm³/mol. The summed E-state index contributed by atoms with van der Waals surface area (Å²) in [5.74, 6) is 0. The summed E-state index contributed by atoms with van der Waals surface area (Å²) in [4.78, 5) is 0. The Kier molecular flexibility index (Phi) is 8.81. The first-order valence-corrected chi connectivity index (χ1v) is 9.09. The van der Waals surface area contributed by atoms with Crippen molar-refractivity contribution in [3.63, 3.8) is 0 Å². The first-order valence-electron chi connectivity index (χ1n) is 7.28. The molecule has 1 rings (SSSR count). The molecule has 22 heavy (non-hydrogen) atoms. The maximum Gasteiger partial charge on any atom is 0.264 e. The van der Waals surface area contributed by atoms with E-state index in [2.05, 4.69) is 0 Å². The van der Waals surface area contributed by atoms with Crippen LogP contribution in [0.15, 0.2) is 42.7 Å². The summed E-state index contributed by atoms with van der Waals surface area (Å²) in [6.45, 7) is 3.26. The van der Waals surface area contributed by atoms with Crippen LogP contribution >= 0.6 is 0 Å². The zero-order valence-electron chi connectivity index (χ0n) is 13.1. The van der Waals surface area contributed by atoms with Crippen molar-refractivity contribution in [2.75, 3.05) is 19.5 Å². The Morgan fingerprint density at radius 1 is 1.23 bits per heavy atom. The highest BCUT2D eigenvalue weighted by molar-refractivity contribution is 7.86. The molecule has 0 radical (unpaired) electrons. The summed E-state index contributed by atoms with van der Waals surface area (Å²) >= 11 is 0. The van der Waals surface area contributed by atoms with Gasteiger partial charge in [-0.3, -0.25) is 4.18 Å². The van der Waals surface area contributed by atoms with Crippen molar-refractivity contribution in [1.29, 1.82) is 0 Å². The lowest BCUT2D eigenvalue weighted by molar-refractivity contribution is 0.0456.